The Bertz CT molecular complexity index is 1090. The van der Waals surface area contributed by atoms with Crippen molar-refractivity contribution in [2.24, 2.45) is 47.3 Å². The van der Waals surface area contributed by atoms with Crippen molar-refractivity contribution in [2.75, 3.05) is 9.80 Å². The molecule has 44 heavy (non-hydrogen) atoms. The fraction of sp³-hybridized carbons (Fsp3) is 0.800. The summed E-state index contributed by atoms with van der Waals surface area (Å²) < 4.78 is 0. The number of nitrogens with zero attached hydrogens (tertiary/aromatic N) is 2. The molecular formula is C40H56N2O2. The monoisotopic (exact) mass is 596 g/mol. The largest absolute Gasteiger partial charge is 0.306 e. The molecule has 10 saturated carbocycles. The average Bonchev–Trinajstić information content (AvgIpc) is 3.01. The molecule has 238 valence electrons. The van der Waals surface area contributed by atoms with Crippen molar-refractivity contribution < 1.29 is 9.59 Å². The van der Waals surface area contributed by atoms with Crippen LogP contribution in [0.2, 0.25) is 0 Å². The third-order valence-corrected chi connectivity index (χ3v) is 14.7. The van der Waals surface area contributed by atoms with Gasteiger partial charge < -0.3 is 9.80 Å². The van der Waals surface area contributed by atoms with Gasteiger partial charge in [0.15, 0.2) is 0 Å². The van der Waals surface area contributed by atoms with Crippen LogP contribution in [0.4, 0.5) is 11.4 Å². The topological polar surface area (TPSA) is 40.6 Å². The molecule has 2 amide bonds. The molecule has 8 bridgehead atoms. The third-order valence-electron chi connectivity index (χ3n) is 14.7. The maximum Gasteiger partial charge on any atom is 0.230 e. The van der Waals surface area contributed by atoms with Crippen LogP contribution in [0.3, 0.4) is 0 Å². The second-order valence-electron chi connectivity index (χ2n) is 17.8. The number of benzene rings is 1. The van der Waals surface area contributed by atoms with E-state index in [0.29, 0.717) is 11.8 Å². The number of rotatable bonds is 6. The van der Waals surface area contributed by atoms with E-state index in [-0.39, 0.29) is 22.9 Å². The minimum Gasteiger partial charge on any atom is -0.306 e. The Morgan fingerprint density at radius 3 is 1.00 bits per heavy atom. The fourth-order valence-electron chi connectivity index (χ4n) is 13.8. The normalized spacial score (nSPS) is 41.2. The third kappa shape index (κ3) is 4.73. The van der Waals surface area contributed by atoms with Gasteiger partial charge in [0, 0.05) is 34.3 Å². The lowest BCUT2D eigenvalue weighted by Gasteiger charge is -2.61. The van der Waals surface area contributed by atoms with Crippen LogP contribution in [0.25, 0.3) is 0 Å². The molecule has 1 aromatic rings. The number of anilines is 2. The van der Waals surface area contributed by atoms with Gasteiger partial charge in [-0.1, -0.05) is 38.5 Å². The van der Waals surface area contributed by atoms with Crippen LogP contribution in [0.15, 0.2) is 24.3 Å². The Morgan fingerprint density at radius 1 is 0.455 bits per heavy atom. The zero-order chi connectivity index (χ0) is 29.5. The number of amides is 2. The molecule has 0 aliphatic heterocycles. The molecule has 0 radical (unpaired) electrons. The quantitative estimate of drug-likeness (QED) is 0.328. The molecule has 11 rings (SSSR count). The minimum absolute atomic E-state index is 0.0162. The molecule has 0 atom stereocenters. The van der Waals surface area contributed by atoms with Crippen molar-refractivity contribution in [3.8, 4) is 0 Å². The lowest BCUT2D eigenvalue weighted by molar-refractivity contribution is -0.128. The minimum atomic E-state index is 0.0162. The molecule has 0 aromatic heterocycles. The van der Waals surface area contributed by atoms with E-state index < -0.39 is 0 Å². The Morgan fingerprint density at radius 2 is 0.727 bits per heavy atom. The van der Waals surface area contributed by atoms with Crippen molar-refractivity contribution in [1.29, 1.82) is 0 Å². The highest BCUT2D eigenvalue weighted by Crippen LogP contribution is 2.60. The molecule has 10 fully saturated rings. The highest BCUT2D eigenvalue weighted by Gasteiger charge is 2.57. The molecule has 0 N–H and O–H groups in total. The summed E-state index contributed by atoms with van der Waals surface area (Å²) in [4.78, 5) is 34.1. The number of hydrogen-bond acceptors (Lipinski definition) is 2. The first kappa shape index (κ1) is 28.4. The van der Waals surface area contributed by atoms with Gasteiger partial charge in [-0.25, -0.2) is 0 Å². The van der Waals surface area contributed by atoms with Crippen molar-refractivity contribution in [3.63, 3.8) is 0 Å². The van der Waals surface area contributed by atoms with Gasteiger partial charge in [-0.05, 0) is 163 Å². The van der Waals surface area contributed by atoms with Gasteiger partial charge in [-0.3, -0.25) is 9.59 Å². The van der Waals surface area contributed by atoms with Gasteiger partial charge in [0.25, 0.3) is 0 Å². The summed E-state index contributed by atoms with van der Waals surface area (Å²) >= 11 is 0. The first-order chi connectivity index (χ1) is 21.5. The SMILES string of the molecule is O=C(C1CCCCC1)N(c1ccc(N(C(=O)C2CCCCC2)C23CC4CC(CC(C4)C2)C3)cc1)C12CC3CC(CC(C3)C1)C2. The standard InChI is InChI=1S/C40H56N2O2/c43-37(33-7-3-1-4-8-33)41(39-21-27-15-28(22-39)17-29(16-27)23-39)35-11-13-36(14-12-35)42(38(44)34-9-5-2-6-10-34)40-24-30-18-31(25-40)20-32(19-30)26-40/h11-14,27-34H,1-10,15-26H2. The summed E-state index contributed by atoms with van der Waals surface area (Å²) in [5.74, 6) is 6.07. The molecule has 4 heteroatoms. The van der Waals surface area contributed by atoms with E-state index in [4.69, 9.17) is 0 Å². The maximum atomic E-state index is 14.6. The van der Waals surface area contributed by atoms with Gasteiger partial charge in [0.1, 0.15) is 0 Å². The summed E-state index contributed by atoms with van der Waals surface area (Å²) in [7, 11) is 0. The predicted octanol–water partition coefficient (Wildman–Crippen LogP) is 9.45. The molecule has 10 aliphatic carbocycles. The molecular weight excluding hydrogens is 540 g/mol. The maximum absolute atomic E-state index is 14.6. The van der Waals surface area contributed by atoms with Crippen molar-refractivity contribution in [3.05, 3.63) is 24.3 Å². The molecule has 0 unspecified atom stereocenters. The Labute approximate surface area is 266 Å². The zero-order valence-corrected chi connectivity index (χ0v) is 27.2. The molecule has 10 aliphatic rings. The van der Waals surface area contributed by atoms with Crippen molar-refractivity contribution >= 4 is 23.2 Å². The second-order valence-corrected chi connectivity index (χ2v) is 17.8. The number of carbonyl (C=O) groups excluding carboxylic acids is 2. The summed E-state index contributed by atoms with van der Waals surface area (Å²) in [6.07, 6.45) is 27.2. The van der Waals surface area contributed by atoms with Crippen LogP contribution in [0, 0.1) is 47.3 Å². The molecule has 0 saturated heterocycles. The van der Waals surface area contributed by atoms with Crippen LogP contribution >= 0.6 is 0 Å². The molecule has 0 heterocycles. The zero-order valence-electron chi connectivity index (χ0n) is 27.2. The Hall–Kier alpha value is -1.84. The van der Waals surface area contributed by atoms with Gasteiger partial charge in [0.2, 0.25) is 11.8 Å². The van der Waals surface area contributed by atoms with Crippen molar-refractivity contribution in [2.45, 2.75) is 152 Å². The predicted molar refractivity (Wildman–Crippen MR) is 176 cm³/mol. The molecule has 1 aromatic carbocycles. The first-order valence-corrected chi connectivity index (χ1v) is 19.3. The Kier molecular flexibility index (Phi) is 7.01. The van der Waals surface area contributed by atoms with Crippen molar-refractivity contribution in [1.82, 2.24) is 0 Å². The summed E-state index contributed by atoms with van der Waals surface area (Å²) in [5.41, 5.74) is 2.29. The van der Waals surface area contributed by atoms with Gasteiger partial charge in [-0.15, -0.1) is 0 Å². The smallest absolute Gasteiger partial charge is 0.230 e. The van der Waals surface area contributed by atoms with E-state index in [1.54, 1.807) is 0 Å². The van der Waals surface area contributed by atoms with Gasteiger partial charge in [-0.2, -0.15) is 0 Å². The number of hydrogen-bond donors (Lipinski definition) is 0. The lowest BCUT2D eigenvalue weighted by Crippen LogP contribution is -2.63. The number of carbonyl (C=O) groups is 2. The lowest BCUT2D eigenvalue weighted by atomic mass is 9.52. The van der Waals surface area contributed by atoms with E-state index in [1.807, 2.05) is 0 Å². The van der Waals surface area contributed by atoms with Crippen LogP contribution in [-0.4, -0.2) is 22.9 Å². The molecule has 0 spiro atoms. The van der Waals surface area contributed by atoms with Crippen LogP contribution in [0.5, 0.6) is 0 Å². The van der Waals surface area contributed by atoms with Crippen LogP contribution in [-0.2, 0) is 9.59 Å². The highest BCUT2D eigenvalue weighted by molar-refractivity contribution is 5.99. The Balaban J connectivity index is 1.08. The van der Waals surface area contributed by atoms with E-state index in [0.717, 1.165) is 72.6 Å². The van der Waals surface area contributed by atoms with E-state index in [1.165, 1.54) is 116 Å². The fourth-order valence-corrected chi connectivity index (χ4v) is 13.8. The van der Waals surface area contributed by atoms with E-state index in [2.05, 4.69) is 34.1 Å². The summed E-state index contributed by atoms with van der Waals surface area (Å²) in [6.45, 7) is 0. The highest BCUT2D eigenvalue weighted by atomic mass is 16.2. The van der Waals surface area contributed by atoms with Crippen LogP contribution < -0.4 is 9.80 Å². The molecule has 4 nitrogen and oxygen atoms in total. The van der Waals surface area contributed by atoms with E-state index >= 15 is 0 Å². The second kappa shape index (κ2) is 10.9. The summed E-state index contributed by atoms with van der Waals surface area (Å²) in [5, 5.41) is 0. The van der Waals surface area contributed by atoms with E-state index in [9.17, 15) is 9.59 Å². The average molecular weight is 597 g/mol. The first-order valence-electron chi connectivity index (χ1n) is 19.3. The summed E-state index contributed by atoms with van der Waals surface area (Å²) in [6, 6.07) is 9.15. The van der Waals surface area contributed by atoms with Gasteiger partial charge >= 0.3 is 0 Å². The van der Waals surface area contributed by atoms with Gasteiger partial charge in [0.05, 0.1) is 0 Å². The van der Waals surface area contributed by atoms with Crippen LogP contribution in [0.1, 0.15) is 141 Å².